The Bertz CT molecular complexity index is 1330. The standard InChI is InChI=1S/C37H45NO5/c1-29(2)37(39)43-26-12-10-8-6-5-7-9-11-25-42-34-19-15-30(16-20-34)13-17-32-27-36(41-4)33(28-35(32)40-3)18-14-31-21-23-38-24-22-31/h13-24,27-28H,1,5-12,25-26H2,2-4H3/b17-13+,18-14+. The molecule has 43 heavy (non-hydrogen) atoms. The number of nitrogens with zero attached hydrogens (tertiary/aromatic N) is 1. The van der Waals surface area contributed by atoms with Gasteiger partial charge in [0, 0.05) is 29.1 Å². The third-order valence-electron chi connectivity index (χ3n) is 6.97. The molecule has 1 aromatic heterocycles. The van der Waals surface area contributed by atoms with Crippen LogP contribution in [0.2, 0.25) is 0 Å². The predicted molar refractivity (Wildman–Crippen MR) is 176 cm³/mol. The highest BCUT2D eigenvalue weighted by Gasteiger charge is 2.08. The minimum atomic E-state index is -0.290. The smallest absolute Gasteiger partial charge is 0.333 e. The first kappa shape index (κ1) is 33.2. The first-order valence-electron chi connectivity index (χ1n) is 15.1. The lowest BCUT2D eigenvalue weighted by Gasteiger charge is -2.11. The molecule has 1 heterocycles. The molecule has 3 rings (SSSR count). The molecule has 0 bridgehead atoms. The Kier molecular flexibility index (Phi) is 14.6. The molecule has 0 fully saturated rings. The molecule has 0 spiro atoms. The molecule has 6 heteroatoms. The number of rotatable bonds is 19. The lowest BCUT2D eigenvalue weighted by atomic mass is 10.1. The Hall–Kier alpha value is -4.32. The van der Waals surface area contributed by atoms with Crippen molar-refractivity contribution in [3.8, 4) is 17.2 Å². The minimum Gasteiger partial charge on any atom is -0.496 e. The predicted octanol–water partition coefficient (Wildman–Crippen LogP) is 9.06. The zero-order valence-electron chi connectivity index (χ0n) is 25.8. The lowest BCUT2D eigenvalue weighted by Crippen LogP contribution is -2.05. The number of carbonyl (C=O) groups is 1. The molecule has 0 aliphatic carbocycles. The van der Waals surface area contributed by atoms with Crippen molar-refractivity contribution < 1.29 is 23.7 Å². The fraction of sp³-hybridized carbons (Fsp3) is 0.351. The van der Waals surface area contributed by atoms with Crippen LogP contribution in [0.4, 0.5) is 0 Å². The largest absolute Gasteiger partial charge is 0.496 e. The monoisotopic (exact) mass is 583 g/mol. The summed E-state index contributed by atoms with van der Waals surface area (Å²) in [6.45, 7) is 6.48. The first-order valence-corrected chi connectivity index (χ1v) is 15.1. The number of ether oxygens (including phenoxy) is 4. The average molecular weight is 584 g/mol. The van der Waals surface area contributed by atoms with E-state index in [2.05, 4.69) is 29.8 Å². The molecule has 0 aliphatic heterocycles. The number of pyridine rings is 1. The molecule has 0 aliphatic rings. The quantitative estimate of drug-likeness (QED) is 0.0607. The number of unbranched alkanes of at least 4 members (excludes halogenated alkanes) is 7. The second kappa shape index (κ2) is 19.0. The number of esters is 1. The van der Waals surface area contributed by atoms with Crippen molar-refractivity contribution in [2.75, 3.05) is 27.4 Å². The molecule has 0 radical (unpaired) electrons. The maximum Gasteiger partial charge on any atom is 0.333 e. The molecule has 0 saturated carbocycles. The minimum absolute atomic E-state index is 0.290. The zero-order valence-corrected chi connectivity index (χ0v) is 25.8. The van der Waals surface area contributed by atoms with Crippen molar-refractivity contribution >= 4 is 30.3 Å². The van der Waals surface area contributed by atoms with Crippen molar-refractivity contribution in [2.45, 2.75) is 58.3 Å². The van der Waals surface area contributed by atoms with Crippen LogP contribution < -0.4 is 14.2 Å². The summed E-state index contributed by atoms with van der Waals surface area (Å²) in [5.41, 5.74) is 4.47. The summed E-state index contributed by atoms with van der Waals surface area (Å²) in [6, 6.07) is 16.0. The van der Waals surface area contributed by atoms with E-state index >= 15 is 0 Å². The van der Waals surface area contributed by atoms with Gasteiger partial charge in [-0.05, 0) is 67.3 Å². The molecule has 0 saturated heterocycles. The second-order valence-electron chi connectivity index (χ2n) is 10.4. The van der Waals surface area contributed by atoms with E-state index in [0.717, 1.165) is 65.4 Å². The molecule has 6 nitrogen and oxygen atoms in total. The SMILES string of the molecule is C=C(C)C(=O)OCCCCCCCCCCOc1ccc(/C=C/c2cc(OC)c(/C=C/c3ccncc3)cc2OC)cc1. The molecule has 228 valence electrons. The first-order chi connectivity index (χ1) is 21.0. The second-order valence-corrected chi connectivity index (χ2v) is 10.4. The highest BCUT2D eigenvalue weighted by atomic mass is 16.5. The number of aromatic nitrogens is 1. The van der Waals surface area contributed by atoms with E-state index in [1.807, 2.05) is 54.6 Å². The van der Waals surface area contributed by atoms with Gasteiger partial charge in [-0.25, -0.2) is 4.79 Å². The summed E-state index contributed by atoms with van der Waals surface area (Å²) in [5, 5.41) is 0. The number of methoxy groups -OCH3 is 2. The van der Waals surface area contributed by atoms with Crippen LogP contribution in [-0.2, 0) is 9.53 Å². The van der Waals surface area contributed by atoms with Gasteiger partial charge in [-0.15, -0.1) is 0 Å². The number of hydrogen-bond acceptors (Lipinski definition) is 6. The Morgan fingerprint density at radius 1 is 0.698 bits per heavy atom. The Balaban J connectivity index is 1.37. The molecular formula is C37H45NO5. The summed E-state index contributed by atoms with van der Waals surface area (Å²) >= 11 is 0. The molecule has 2 aromatic carbocycles. The van der Waals surface area contributed by atoms with Gasteiger partial charge < -0.3 is 18.9 Å². The van der Waals surface area contributed by atoms with Crippen molar-refractivity contribution in [1.29, 1.82) is 0 Å². The van der Waals surface area contributed by atoms with Crippen LogP contribution in [0.1, 0.15) is 80.5 Å². The van der Waals surface area contributed by atoms with Crippen LogP contribution in [0.5, 0.6) is 17.2 Å². The molecule has 0 atom stereocenters. The van der Waals surface area contributed by atoms with E-state index in [4.69, 9.17) is 18.9 Å². The third kappa shape index (κ3) is 12.2. The number of hydrogen-bond donors (Lipinski definition) is 0. The highest BCUT2D eigenvalue weighted by Crippen LogP contribution is 2.32. The van der Waals surface area contributed by atoms with E-state index in [1.54, 1.807) is 33.5 Å². The molecule has 0 unspecified atom stereocenters. The van der Waals surface area contributed by atoms with Crippen LogP contribution in [0.25, 0.3) is 24.3 Å². The van der Waals surface area contributed by atoms with Crippen molar-refractivity contribution in [3.63, 3.8) is 0 Å². The normalized spacial score (nSPS) is 11.1. The summed E-state index contributed by atoms with van der Waals surface area (Å²) < 4.78 is 22.4. The summed E-state index contributed by atoms with van der Waals surface area (Å²) in [5.74, 6) is 2.14. The van der Waals surface area contributed by atoms with E-state index in [9.17, 15) is 4.79 Å². The molecule has 0 N–H and O–H groups in total. The topological polar surface area (TPSA) is 66.9 Å². The average Bonchev–Trinajstić information content (AvgIpc) is 3.03. The summed E-state index contributed by atoms with van der Waals surface area (Å²) in [7, 11) is 3.35. The van der Waals surface area contributed by atoms with E-state index in [0.29, 0.717) is 12.2 Å². The molecular weight excluding hydrogens is 538 g/mol. The molecule has 3 aromatic rings. The number of benzene rings is 2. The Morgan fingerprint density at radius 2 is 1.19 bits per heavy atom. The van der Waals surface area contributed by atoms with Gasteiger partial charge in [-0.3, -0.25) is 4.98 Å². The fourth-order valence-corrected chi connectivity index (χ4v) is 4.47. The Labute approximate surface area is 257 Å². The maximum atomic E-state index is 11.3. The van der Waals surface area contributed by atoms with Gasteiger partial charge in [-0.1, -0.05) is 81.5 Å². The fourth-order valence-electron chi connectivity index (χ4n) is 4.47. The van der Waals surface area contributed by atoms with Gasteiger partial charge in [0.25, 0.3) is 0 Å². The van der Waals surface area contributed by atoms with E-state index in [1.165, 1.54) is 32.1 Å². The van der Waals surface area contributed by atoms with Crippen molar-refractivity contribution in [3.05, 3.63) is 95.3 Å². The van der Waals surface area contributed by atoms with Gasteiger partial charge >= 0.3 is 5.97 Å². The van der Waals surface area contributed by atoms with Gasteiger partial charge in [0.1, 0.15) is 17.2 Å². The molecule has 0 amide bonds. The van der Waals surface area contributed by atoms with Gasteiger partial charge in [0.2, 0.25) is 0 Å². The summed E-state index contributed by atoms with van der Waals surface area (Å²) in [4.78, 5) is 15.4. The van der Waals surface area contributed by atoms with Crippen LogP contribution in [0, 0.1) is 0 Å². The van der Waals surface area contributed by atoms with Gasteiger partial charge in [-0.2, -0.15) is 0 Å². The van der Waals surface area contributed by atoms with Crippen LogP contribution in [0.15, 0.2) is 73.1 Å². The summed E-state index contributed by atoms with van der Waals surface area (Å²) in [6.07, 6.45) is 20.7. The van der Waals surface area contributed by atoms with Crippen LogP contribution in [-0.4, -0.2) is 38.4 Å². The Morgan fingerprint density at radius 3 is 1.70 bits per heavy atom. The number of carbonyl (C=O) groups excluding carboxylic acids is 1. The highest BCUT2D eigenvalue weighted by molar-refractivity contribution is 5.86. The van der Waals surface area contributed by atoms with Gasteiger partial charge in [0.15, 0.2) is 0 Å². The van der Waals surface area contributed by atoms with Crippen LogP contribution in [0.3, 0.4) is 0 Å². The van der Waals surface area contributed by atoms with Gasteiger partial charge in [0.05, 0.1) is 27.4 Å². The van der Waals surface area contributed by atoms with E-state index in [-0.39, 0.29) is 5.97 Å². The maximum absolute atomic E-state index is 11.3. The third-order valence-corrected chi connectivity index (χ3v) is 6.97. The van der Waals surface area contributed by atoms with Crippen LogP contribution >= 0.6 is 0 Å². The van der Waals surface area contributed by atoms with Crippen molar-refractivity contribution in [2.24, 2.45) is 0 Å². The zero-order chi connectivity index (χ0) is 30.7. The lowest BCUT2D eigenvalue weighted by molar-refractivity contribution is -0.139. The van der Waals surface area contributed by atoms with E-state index < -0.39 is 0 Å². The van der Waals surface area contributed by atoms with Crippen molar-refractivity contribution in [1.82, 2.24) is 4.98 Å².